The summed E-state index contributed by atoms with van der Waals surface area (Å²) in [5.41, 5.74) is -0.204. The average molecular weight is 459 g/mol. The number of nitrogens with one attached hydrogen (secondary N) is 1. The lowest BCUT2D eigenvalue weighted by molar-refractivity contribution is -0.141. The third-order valence-electron chi connectivity index (χ3n) is 4.81. The summed E-state index contributed by atoms with van der Waals surface area (Å²) in [5.74, 6) is -1.94. The summed E-state index contributed by atoms with van der Waals surface area (Å²) >= 11 is 0.860. The molecule has 0 radical (unpaired) electrons. The van der Waals surface area contributed by atoms with Crippen LogP contribution >= 0.6 is 11.3 Å². The fraction of sp³-hybridized carbons (Fsp3) is 0.474. The maximum Gasteiger partial charge on any atom is 0.435 e. The van der Waals surface area contributed by atoms with Gasteiger partial charge in [0.2, 0.25) is 5.91 Å². The Labute approximate surface area is 179 Å². The lowest BCUT2D eigenvalue weighted by Crippen LogP contribution is -2.17. The summed E-state index contributed by atoms with van der Waals surface area (Å²) in [4.78, 5) is 36.7. The molecule has 0 aliphatic heterocycles. The van der Waals surface area contributed by atoms with Gasteiger partial charge in [-0.05, 0) is 31.4 Å². The van der Waals surface area contributed by atoms with Crippen LogP contribution in [0.5, 0.6) is 0 Å². The molecule has 31 heavy (non-hydrogen) atoms. The van der Waals surface area contributed by atoms with E-state index in [0.717, 1.165) is 37.4 Å². The number of hydrogen-bond acceptors (Lipinski definition) is 7. The molecule has 3 rings (SSSR count). The molecule has 1 fully saturated rings. The van der Waals surface area contributed by atoms with E-state index in [1.165, 1.54) is 18.7 Å². The first-order valence-electron chi connectivity index (χ1n) is 9.31. The van der Waals surface area contributed by atoms with E-state index >= 15 is 0 Å². The van der Waals surface area contributed by atoms with Crippen LogP contribution in [0.4, 0.5) is 18.2 Å². The van der Waals surface area contributed by atoms with Gasteiger partial charge in [-0.15, -0.1) is 11.3 Å². The van der Waals surface area contributed by atoms with E-state index in [-0.39, 0.29) is 34.3 Å². The number of methoxy groups -OCH3 is 2. The Morgan fingerprint density at radius 2 is 1.87 bits per heavy atom. The van der Waals surface area contributed by atoms with Gasteiger partial charge in [-0.3, -0.25) is 9.48 Å². The van der Waals surface area contributed by atoms with Gasteiger partial charge in [-0.1, -0.05) is 0 Å². The lowest BCUT2D eigenvalue weighted by Gasteiger charge is -2.08. The van der Waals surface area contributed by atoms with Crippen LogP contribution in [0.15, 0.2) is 6.07 Å². The van der Waals surface area contributed by atoms with Crippen LogP contribution in [0.25, 0.3) is 0 Å². The second-order valence-electron chi connectivity index (χ2n) is 6.99. The summed E-state index contributed by atoms with van der Waals surface area (Å²) in [6.07, 6.45) is -3.18. The number of carbonyl (C=O) groups excluding carboxylic acids is 3. The number of anilines is 1. The Morgan fingerprint density at radius 1 is 1.23 bits per heavy atom. The minimum Gasteiger partial charge on any atom is -0.465 e. The smallest absolute Gasteiger partial charge is 0.435 e. The number of rotatable bonds is 7. The van der Waals surface area contributed by atoms with Crippen LogP contribution in [-0.4, -0.2) is 41.8 Å². The van der Waals surface area contributed by atoms with Crippen molar-refractivity contribution in [2.75, 3.05) is 19.5 Å². The molecule has 0 spiro atoms. The second-order valence-corrected chi connectivity index (χ2v) is 8.01. The molecule has 8 nitrogen and oxygen atoms in total. The molecular formula is C19H20F3N3O5S. The van der Waals surface area contributed by atoms with Crippen molar-refractivity contribution in [1.29, 1.82) is 0 Å². The molecule has 1 N–H and O–H groups in total. The number of alkyl halides is 3. The van der Waals surface area contributed by atoms with E-state index in [0.29, 0.717) is 11.3 Å². The van der Waals surface area contributed by atoms with Crippen LogP contribution in [0.1, 0.15) is 62.2 Å². The molecule has 0 unspecified atom stereocenters. The number of esters is 2. The number of halogens is 3. The molecule has 0 atom stereocenters. The van der Waals surface area contributed by atoms with Crippen molar-refractivity contribution in [2.24, 2.45) is 0 Å². The van der Waals surface area contributed by atoms with Crippen molar-refractivity contribution in [1.82, 2.24) is 9.78 Å². The predicted molar refractivity (Wildman–Crippen MR) is 104 cm³/mol. The number of aryl methyl sites for hydroxylation is 1. The van der Waals surface area contributed by atoms with Gasteiger partial charge >= 0.3 is 18.1 Å². The highest BCUT2D eigenvalue weighted by molar-refractivity contribution is 7.18. The third kappa shape index (κ3) is 4.89. The van der Waals surface area contributed by atoms with Gasteiger partial charge in [0.05, 0.1) is 19.8 Å². The zero-order valence-electron chi connectivity index (χ0n) is 17.0. The van der Waals surface area contributed by atoms with Crippen molar-refractivity contribution >= 4 is 34.2 Å². The normalized spacial score (nSPS) is 13.7. The lowest BCUT2D eigenvalue weighted by atomic mass is 10.1. The van der Waals surface area contributed by atoms with E-state index in [1.807, 2.05) is 0 Å². The summed E-state index contributed by atoms with van der Waals surface area (Å²) in [6.45, 7) is 1.46. The Hall–Kier alpha value is -2.89. The van der Waals surface area contributed by atoms with Crippen molar-refractivity contribution in [3.8, 4) is 0 Å². The quantitative estimate of drug-likeness (QED) is 0.633. The Bertz CT molecular complexity index is 1020. The third-order valence-corrected chi connectivity index (χ3v) is 6.00. The molecule has 12 heteroatoms. The van der Waals surface area contributed by atoms with E-state index in [4.69, 9.17) is 4.74 Å². The van der Waals surface area contributed by atoms with E-state index < -0.39 is 29.7 Å². The van der Waals surface area contributed by atoms with Crippen molar-refractivity contribution in [3.05, 3.63) is 33.5 Å². The van der Waals surface area contributed by atoms with Gasteiger partial charge in [0.1, 0.15) is 9.88 Å². The van der Waals surface area contributed by atoms with Gasteiger partial charge in [0.25, 0.3) is 0 Å². The van der Waals surface area contributed by atoms with Gasteiger partial charge < -0.3 is 14.8 Å². The molecule has 1 aliphatic carbocycles. The number of hydrogen-bond donors (Lipinski definition) is 1. The largest absolute Gasteiger partial charge is 0.465 e. The SMILES string of the molecule is COC(=O)c1sc(NC(=O)CCn2nc(C(F)(F)F)cc2C2CC2)c(C(=O)OC)c1C. The number of ether oxygens (including phenoxy) is 2. The highest BCUT2D eigenvalue weighted by Gasteiger charge is 2.37. The first kappa shape index (κ1) is 22.8. The highest BCUT2D eigenvalue weighted by atomic mass is 32.1. The van der Waals surface area contributed by atoms with Crippen molar-refractivity contribution in [2.45, 2.75) is 44.8 Å². The van der Waals surface area contributed by atoms with Crippen LogP contribution in [-0.2, 0) is 27.0 Å². The highest BCUT2D eigenvalue weighted by Crippen LogP contribution is 2.42. The number of amides is 1. The molecule has 168 valence electrons. The monoisotopic (exact) mass is 459 g/mol. The van der Waals surface area contributed by atoms with E-state index in [1.54, 1.807) is 0 Å². The minimum absolute atomic E-state index is 0.0140. The Balaban J connectivity index is 1.77. The minimum atomic E-state index is -4.56. The summed E-state index contributed by atoms with van der Waals surface area (Å²) in [5, 5.41) is 6.26. The molecular weight excluding hydrogens is 439 g/mol. The number of nitrogens with zero attached hydrogens (tertiary/aromatic N) is 2. The molecule has 0 aromatic carbocycles. The van der Waals surface area contributed by atoms with Crippen LogP contribution in [0.3, 0.4) is 0 Å². The van der Waals surface area contributed by atoms with Crippen LogP contribution < -0.4 is 5.32 Å². The first-order valence-corrected chi connectivity index (χ1v) is 10.1. The number of carbonyl (C=O) groups is 3. The predicted octanol–water partition coefficient (Wildman–Crippen LogP) is 3.75. The van der Waals surface area contributed by atoms with Crippen LogP contribution in [0, 0.1) is 6.92 Å². The fourth-order valence-corrected chi connectivity index (χ4v) is 4.22. The summed E-state index contributed by atoms with van der Waals surface area (Å²) < 4.78 is 49.6. The number of thiophene rings is 1. The molecule has 1 saturated carbocycles. The fourth-order valence-electron chi connectivity index (χ4n) is 3.09. The Morgan fingerprint density at radius 3 is 2.42 bits per heavy atom. The summed E-state index contributed by atoms with van der Waals surface area (Å²) in [7, 11) is 2.35. The molecule has 1 aliphatic rings. The molecule has 1 amide bonds. The average Bonchev–Trinajstić information content (AvgIpc) is 3.38. The van der Waals surface area contributed by atoms with Gasteiger partial charge in [0, 0.05) is 24.6 Å². The molecule has 0 bridgehead atoms. The van der Waals surface area contributed by atoms with Crippen LogP contribution in [0.2, 0.25) is 0 Å². The maximum atomic E-state index is 13.0. The van der Waals surface area contributed by atoms with E-state index in [9.17, 15) is 27.6 Å². The molecule has 0 saturated heterocycles. The molecule has 2 heterocycles. The zero-order chi connectivity index (χ0) is 22.9. The zero-order valence-corrected chi connectivity index (χ0v) is 17.8. The first-order chi connectivity index (χ1) is 14.6. The van der Waals surface area contributed by atoms with Crippen molar-refractivity contribution < 1.29 is 37.0 Å². The Kier molecular flexibility index (Phi) is 6.39. The van der Waals surface area contributed by atoms with Gasteiger partial charge in [0.15, 0.2) is 5.69 Å². The van der Waals surface area contributed by atoms with E-state index in [2.05, 4.69) is 15.2 Å². The standard InChI is InChI=1S/C19H20F3N3O5S/c1-9-14(17(27)29-2)16(31-15(9)18(28)30-3)23-13(26)6-7-25-11(10-4-5-10)8-12(24-25)19(20,21)22/h8,10H,4-7H2,1-3H3,(H,23,26). The number of aromatic nitrogens is 2. The van der Waals surface area contributed by atoms with Crippen molar-refractivity contribution in [3.63, 3.8) is 0 Å². The van der Waals surface area contributed by atoms with Gasteiger partial charge in [-0.25, -0.2) is 9.59 Å². The summed E-state index contributed by atoms with van der Waals surface area (Å²) in [6, 6.07) is 1.02. The second kappa shape index (κ2) is 8.69. The molecule has 2 aromatic rings. The maximum absolute atomic E-state index is 13.0. The topological polar surface area (TPSA) is 99.5 Å². The van der Waals surface area contributed by atoms with Gasteiger partial charge in [-0.2, -0.15) is 18.3 Å². The molecule has 2 aromatic heterocycles.